The highest BCUT2D eigenvalue weighted by Gasteiger charge is 2.20. The number of carbonyl (C=O) groups is 1. The normalized spacial score (nSPS) is 14.2. The van der Waals surface area contributed by atoms with E-state index in [0.29, 0.717) is 6.42 Å². The van der Waals surface area contributed by atoms with Gasteiger partial charge in [-0.05, 0) is 44.1 Å². The van der Waals surface area contributed by atoms with Crippen LogP contribution in [-0.4, -0.2) is 54.5 Å². The minimum Gasteiger partial charge on any atom is -0.356 e. The zero-order valence-corrected chi connectivity index (χ0v) is 20.0. The maximum atomic E-state index is 12.5. The smallest absolute Gasteiger partial charge is 0.222 e. The molecule has 2 rings (SSSR count). The number of thioether (sulfide) groups is 1. The number of hydrogen-bond acceptors (Lipinski definition) is 3. The van der Waals surface area contributed by atoms with Gasteiger partial charge in [0.1, 0.15) is 0 Å². The second-order valence-corrected chi connectivity index (χ2v) is 8.77. The number of halogens is 1. The minimum absolute atomic E-state index is 0. The first-order valence-corrected chi connectivity index (χ1v) is 10.5. The van der Waals surface area contributed by atoms with Crippen LogP contribution in [0.4, 0.5) is 0 Å². The fourth-order valence-corrected chi connectivity index (χ4v) is 3.12. The van der Waals surface area contributed by atoms with E-state index in [9.17, 15) is 4.79 Å². The lowest BCUT2D eigenvalue weighted by Crippen LogP contribution is -2.43. The zero-order chi connectivity index (χ0) is 19.0. The first kappa shape index (κ1) is 24.1. The molecule has 1 aliphatic rings. The van der Waals surface area contributed by atoms with Crippen molar-refractivity contribution in [2.24, 2.45) is 4.99 Å². The first-order chi connectivity index (χ1) is 12.4. The molecule has 0 aromatic heterocycles. The molecule has 1 aromatic rings. The van der Waals surface area contributed by atoms with Crippen molar-refractivity contribution in [3.8, 4) is 0 Å². The summed E-state index contributed by atoms with van der Waals surface area (Å²) in [5.41, 5.74) is 2.66. The molecule has 5 nitrogen and oxygen atoms in total. The van der Waals surface area contributed by atoms with Crippen LogP contribution in [0.25, 0.3) is 0 Å². The number of guanidine groups is 1. The Morgan fingerprint density at radius 1 is 1.26 bits per heavy atom. The van der Waals surface area contributed by atoms with Crippen LogP contribution in [0.3, 0.4) is 0 Å². The van der Waals surface area contributed by atoms with Gasteiger partial charge >= 0.3 is 0 Å². The number of nitrogens with one attached hydrogen (secondary N) is 2. The number of aliphatic imine (C=N–C) groups is 1. The van der Waals surface area contributed by atoms with Crippen molar-refractivity contribution in [1.29, 1.82) is 0 Å². The quantitative estimate of drug-likeness (QED) is 0.259. The van der Waals surface area contributed by atoms with Gasteiger partial charge in [-0.2, -0.15) is 11.8 Å². The molecule has 1 aromatic carbocycles. The summed E-state index contributed by atoms with van der Waals surface area (Å²) in [6.07, 6.45) is 4.45. The Morgan fingerprint density at radius 2 is 1.96 bits per heavy atom. The second kappa shape index (κ2) is 11.8. The van der Waals surface area contributed by atoms with Crippen LogP contribution >= 0.6 is 35.7 Å². The van der Waals surface area contributed by atoms with Crippen LogP contribution in [0.2, 0.25) is 0 Å². The predicted molar refractivity (Wildman–Crippen MR) is 127 cm³/mol. The van der Waals surface area contributed by atoms with Gasteiger partial charge in [-0.25, -0.2) is 0 Å². The molecule has 0 atom stereocenters. The van der Waals surface area contributed by atoms with Crippen molar-refractivity contribution in [3.05, 3.63) is 35.4 Å². The van der Waals surface area contributed by atoms with E-state index in [4.69, 9.17) is 0 Å². The summed E-state index contributed by atoms with van der Waals surface area (Å²) >= 11 is 1.83. The fourth-order valence-electron chi connectivity index (χ4n) is 2.90. The van der Waals surface area contributed by atoms with E-state index in [1.54, 1.807) is 7.05 Å². The standard InChI is InChI=1S/C20H32N4OS.HI/c1-20(2,26-4)15-23-19(21-3)22-12-7-10-18(25)24-13-11-16-8-5-6-9-17(16)14-24;/h5-6,8-9H,7,10-15H2,1-4H3,(H2,21,22,23);1H. The Labute approximate surface area is 185 Å². The Kier molecular flexibility index (Phi) is 10.5. The van der Waals surface area contributed by atoms with Crippen molar-refractivity contribution in [2.75, 3.05) is 32.9 Å². The molecule has 1 amide bonds. The van der Waals surface area contributed by atoms with E-state index >= 15 is 0 Å². The highest BCUT2D eigenvalue weighted by molar-refractivity contribution is 14.0. The molecule has 2 N–H and O–H groups in total. The molecule has 0 saturated carbocycles. The van der Waals surface area contributed by atoms with Crippen LogP contribution < -0.4 is 10.6 Å². The van der Waals surface area contributed by atoms with Crippen LogP contribution in [0.5, 0.6) is 0 Å². The molecule has 0 saturated heterocycles. The maximum Gasteiger partial charge on any atom is 0.222 e. The van der Waals surface area contributed by atoms with Crippen LogP contribution in [-0.2, 0) is 17.8 Å². The molecule has 7 heteroatoms. The van der Waals surface area contributed by atoms with Gasteiger partial charge in [0, 0.05) is 44.4 Å². The molecule has 0 radical (unpaired) electrons. The van der Waals surface area contributed by atoms with Gasteiger partial charge in [0.05, 0.1) is 0 Å². The van der Waals surface area contributed by atoms with Crippen LogP contribution in [0, 0.1) is 0 Å². The van der Waals surface area contributed by atoms with Gasteiger partial charge in [-0.15, -0.1) is 24.0 Å². The Balaban J connectivity index is 0.00000364. The van der Waals surface area contributed by atoms with Crippen molar-refractivity contribution in [1.82, 2.24) is 15.5 Å². The fraction of sp³-hybridized carbons (Fsp3) is 0.600. The molecule has 0 fully saturated rings. The number of carbonyl (C=O) groups excluding carboxylic acids is 1. The predicted octanol–water partition coefficient (Wildman–Crippen LogP) is 3.28. The number of nitrogens with zero attached hydrogens (tertiary/aromatic N) is 2. The van der Waals surface area contributed by atoms with Gasteiger partial charge in [0.15, 0.2) is 5.96 Å². The summed E-state index contributed by atoms with van der Waals surface area (Å²) in [5, 5.41) is 6.64. The molecule has 1 heterocycles. The molecule has 1 aliphatic heterocycles. The first-order valence-electron chi connectivity index (χ1n) is 9.29. The number of rotatable bonds is 7. The summed E-state index contributed by atoms with van der Waals surface area (Å²) in [4.78, 5) is 18.7. The van der Waals surface area contributed by atoms with Gasteiger partial charge in [-0.1, -0.05) is 24.3 Å². The van der Waals surface area contributed by atoms with E-state index in [1.165, 1.54) is 11.1 Å². The highest BCUT2D eigenvalue weighted by atomic mass is 127. The molecular weight excluding hydrogens is 471 g/mol. The van der Waals surface area contributed by atoms with E-state index < -0.39 is 0 Å². The number of hydrogen-bond donors (Lipinski definition) is 2. The van der Waals surface area contributed by atoms with Gasteiger partial charge in [0.2, 0.25) is 5.91 Å². The average molecular weight is 504 g/mol. The summed E-state index contributed by atoms with van der Waals surface area (Å²) < 4.78 is 0.165. The third kappa shape index (κ3) is 7.89. The van der Waals surface area contributed by atoms with Gasteiger partial charge in [0.25, 0.3) is 0 Å². The molecule has 152 valence electrons. The van der Waals surface area contributed by atoms with Crippen LogP contribution in [0.15, 0.2) is 29.3 Å². The summed E-state index contributed by atoms with van der Waals surface area (Å²) in [7, 11) is 1.78. The van der Waals surface area contributed by atoms with E-state index in [-0.39, 0.29) is 34.6 Å². The van der Waals surface area contributed by atoms with Crippen LogP contribution in [0.1, 0.15) is 37.8 Å². The molecule has 27 heavy (non-hydrogen) atoms. The second-order valence-electron chi connectivity index (χ2n) is 7.25. The van der Waals surface area contributed by atoms with E-state index in [0.717, 1.165) is 45.0 Å². The molecule has 0 aliphatic carbocycles. The van der Waals surface area contributed by atoms with Crippen molar-refractivity contribution in [2.45, 2.75) is 44.4 Å². The molecule has 0 bridgehead atoms. The Bertz CT molecular complexity index is 636. The van der Waals surface area contributed by atoms with Gasteiger partial charge < -0.3 is 15.5 Å². The third-order valence-corrected chi connectivity index (χ3v) is 6.05. The van der Waals surface area contributed by atoms with E-state index in [1.807, 2.05) is 22.7 Å². The van der Waals surface area contributed by atoms with E-state index in [2.05, 4.69) is 53.9 Å². The molecular formula is C20H33IN4OS. The number of fused-ring (bicyclic) bond motifs is 1. The highest BCUT2D eigenvalue weighted by Crippen LogP contribution is 2.20. The Hall–Kier alpha value is -0.960. The zero-order valence-electron chi connectivity index (χ0n) is 16.9. The lowest BCUT2D eigenvalue weighted by molar-refractivity contribution is -0.132. The lowest BCUT2D eigenvalue weighted by Gasteiger charge is -2.29. The van der Waals surface area contributed by atoms with Crippen molar-refractivity contribution < 1.29 is 4.79 Å². The Morgan fingerprint density at radius 3 is 2.63 bits per heavy atom. The third-order valence-electron chi connectivity index (χ3n) is 4.80. The minimum atomic E-state index is 0. The topological polar surface area (TPSA) is 56.7 Å². The lowest BCUT2D eigenvalue weighted by atomic mass is 9.99. The molecule has 0 spiro atoms. The van der Waals surface area contributed by atoms with Crippen molar-refractivity contribution >= 4 is 47.6 Å². The van der Waals surface area contributed by atoms with Crippen molar-refractivity contribution in [3.63, 3.8) is 0 Å². The molecule has 0 unspecified atom stereocenters. The summed E-state index contributed by atoms with van der Waals surface area (Å²) in [6, 6.07) is 8.41. The number of amides is 1. The summed E-state index contributed by atoms with van der Waals surface area (Å²) in [5.74, 6) is 1.04. The largest absolute Gasteiger partial charge is 0.356 e. The SMILES string of the molecule is CN=C(NCCCC(=O)N1CCc2ccccc2C1)NCC(C)(C)SC.I. The summed E-state index contributed by atoms with van der Waals surface area (Å²) in [6.45, 7) is 7.57. The monoisotopic (exact) mass is 504 g/mol. The van der Waals surface area contributed by atoms with Gasteiger partial charge in [-0.3, -0.25) is 9.79 Å². The number of benzene rings is 1. The maximum absolute atomic E-state index is 12.5. The average Bonchev–Trinajstić information content (AvgIpc) is 2.66.